The molecule has 1 aliphatic rings. The molecule has 2 rings (SSSR count). The minimum absolute atomic E-state index is 0.00658. The van der Waals surface area contributed by atoms with E-state index in [0.717, 1.165) is 24.4 Å². The van der Waals surface area contributed by atoms with Crippen molar-refractivity contribution in [3.05, 3.63) is 11.4 Å². The van der Waals surface area contributed by atoms with Gasteiger partial charge in [0.05, 0.1) is 23.9 Å². The van der Waals surface area contributed by atoms with Crippen LogP contribution in [0.25, 0.3) is 0 Å². The number of aromatic nitrogens is 3. The molecule has 0 aromatic carbocycles. The first-order valence-electron chi connectivity index (χ1n) is 5.80. The lowest BCUT2D eigenvalue weighted by Crippen LogP contribution is -2.26. The molecule has 1 unspecified atom stereocenters. The molecule has 1 aromatic rings. The molecule has 0 aliphatic heterocycles. The number of hydrogen-bond acceptors (Lipinski definition) is 3. The number of hydrogen-bond donors (Lipinski definition) is 0. The Hall–Kier alpha value is -1.58. The summed E-state index contributed by atoms with van der Waals surface area (Å²) in [5.41, 5.74) is 0.837. The van der Waals surface area contributed by atoms with E-state index in [0.29, 0.717) is 23.7 Å². The number of rotatable bonds is 4. The summed E-state index contributed by atoms with van der Waals surface area (Å²) < 4.78 is 39.0. The molecular formula is C11H13F3N4. The summed E-state index contributed by atoms with van der Waals surface area (Å²) in [4.78, 5) is 0. The second-order valence-corrected chi connectivity index (χ2v) is 4.63. The normalized spacial score (nSPS) is 17.5. The van der Waals surface area contributed by atoms with Crippen LogP contribution in [-0.2, 0) is 12.8 Å². The summed E-state index contributed by atoms with van der Waals surface area (Å²) in [7, 11) is 0. The Morgan fingerprint density at radius 1 is 1.50 bits per heavy atom. The van der Waals surface area contributed by atoms with Crippen molar-refractivity contribution < 1.29 is 13.2 Å². The third-order valence-corrected chi connectivity index (χ3v) is 3.14. The van der Waals surface area contributed by atoms with Crippen LogP contribution in [0, 0.1) is 17.2 Å². The van der Waals surface area contributed by atoms with Crippen molar-refractivity contribution in [2.24, 2.45) is 5.92 Å². The van der Waals surface area contributed by atoms with Crippen molar-refractivity contribution in [1.82, 2.24) is 15.0 Å². The van der Waals surface area contributed by atoms with Gasteiger partial charge in [-0.25, -0.2) is 4.68 Å². The molecule has 4 nitrogen and oxygen atoms in total. The van der Waals surface area contributed by atoms with E-state index in [1.165, 1.54) is 0 Å². The van der Waals surface area contributed by atoms with Crippen LogP contribution < -0.4 is 0 Å². The highest BCUT2D eigenvalue weighted by molar-refractivity contribution is 5.17. The number of nitrogens with zero attached hydrogens (tertiary/aromatic N) is 4. The molecule has 0 N–H and O–H groups in total. The molecule has 1 saturated carbocycles. The van der Waals surface area contributed by atoms with Crippen molar-refractivity contribution in [1.29, 1.82) is 5.26 Å². The lowest BCUT2D eigenvalue weighted by atomic mass is 10.1. The second-order valence-electron chi connectivity index (χ2n) is 4.63. The minimum atomic E-state index is -4.35. The van der Waals surface area contributed by atoms with Crippen molar-refractivity contribution >= 4 is 0 Å². The summed E-state index contributed by atoms with van der Waals surface area (Å²) in [6.07, 6.45) is -1.76. The van der Waals surface area contributed by atoms with Gasteiger partial charge < -0.3 is 0 Å². The highest BCUT2D eigenvalue weighted by Gasteiger charge is 2.40. The Labute approximate surface area is 102 Å². The first-order valence-corrected chi connectivity index (χ1v) is 5.80. The molecule has 0 radical (unpaired) electrons. The van der Waals surface area contributed by atoms with Crippen LogP contribution in [0.4, 0.5) is 13.2 Å². The van der Waals surface area contributed by atoms with Crippen LogP contribution in [0.2, 0.25) is 0 Å². The molecule has 1 aliphatic carbocycles. The fraction of sp³-hybridized carbons (Fsp3) is 0.727. The lowest BCUT2D eigenvalue weighted by Gasteiger charge is -2.18. The summed E-state index contributed by atoms with van der Waals surface area (Å²) in [6, 6.07) is 0.209. The smallest absolute Gasteiger partial charge is 0.237 e. The van der Waals surface area contributed by atoms with Gasteiger partial charge in [-0.15, -0.1) is 5.10 Å². The van der Waals surface area contributed by atoms with E-state index >= 15 is 0 Å². The molecule has 98 valence electrons. The van der Waals surface area contributed by atoms with Gasteiger partial charge in [0.1, 0.15) is 6.04 Å². The summed E-state index contributed by atoms with van der Waals surface area (Å²) >= 11 is 0. The maximum Gasteiger partial charge on any atom is 0.410 e. The van der Waals surface area contributed by atoms with E-state index in [1.807, 2.05) is 6.07 Å². The zero-order valence-electron chi connectivity index (χ0n) is 9.91. The summed E-state index contributed by atoms with van der Waals surface area (Å²) in [6.45, 7) is 1.06. The predicted octanol–water partition coefficient (Wildman–Crippen LogP) is 2.42. The van der Waals surface area contributed by atoms with Gasteiger partial charge in [-0.3, -0.25) is 0 Å². The summed E-state index contributed by atoms with van der Waals surface area (Å²) in [5, 5.41) is 15.9. The van der Waals surface area contributed by atoms with Gasteiger partial charge in [-0.05, 0) is 32.1 Å². The number of alkyl halides is 3. The molecule has 1 heterocycles. The second kappa shape index (κ2) is 4.59. The summed E-state index contributed by atoms with van der Waals surface area (Å²) in [5.74, 6) is 0.417. The van der Waals surface area contributed by atoms with Crippen LogP contribution >= 0.6 is 0 Å². The van der Waals surface area contributed by atoms with Gasteiger partial charge in [0.2, 0.25) is 0 Å². The van der Waals surface area contributed by atoms with Crippen molar-refractivity contribution in [3.63, 3.8) is 0 Å². The Morgan fingerprint density at radius 3 is 2.67 bits per heavy atom. The van der Waals surface area contributed by atoms with Crippen LogP contribution in [0.1, 0.15) is 37.2 Å². The Kier molecular flexibility index (Phi) is 3.28. The monoisotopic (exact) mass is 258 g/mol. The number of nitriles is 1. The van der Waals surface area contributed by atoms with Gasteiger partial charge >= 0.3 is 6.18 Å². The van der Waals surface area contributed by atoms with Gasteiger partial charge in [-0.1, -0.05) is 5.21 Å². The van der Waals surface area contributed by atoms with E-state index in [1.54, 1.807) is 0 Å². The molecule has 0 amide bonds. The highest BCUT2D eigenvalue weighted by atomic mass is 19.4. The average Bonchev–Trinajstić information content (AvgIpc) is 3.01. The molecule has 18 heavy (non-hydrogen) atoms. The Balaban J connectivity index is 2.31. The quantitative estimate of drug-likeness (QED) is 0.833. The first kappa shape index (κ1) is 12.9. The van der Waals surface area contributed by atoms with Crippen molar-refractivity contribution in [3.8, 4) is 6.07 Å². The van der Waals surface area contributed by atoms with Gasteiger partial charge in [0.15, 0.2) is 0 Å². The van der Waals surface area contributed by atoms with Gasteiger partial charge in [0, 0.05) is 0 Å². The fourth-order valence-corrected chi connectivity index (χ4v) is 1.81. The molecule has 0 spiro atoms. The topological polar surface area (TPSA) is 54.5 Å². The SMILES string of the molecule is CC(n1nnc(CC#N)c1CC1CC1)C(F)(F)F. The van der Waals surface area contributed by atoms with Gasteiger partial charge in [0.25, 0.3) is 0 Å². The van der Waals surface area contributed by atoms with Crippen molar-refractivity contribution in [2.75, 3.05) is 0 Å². The molecule has 0 bridgehead atoms. The van der Waals surface area contributed by atoms with E-state index < -0.39 is 12.2 Å². The molecule has 7 heteroatoms. The van der Waals surface area contributed by atoms with Crippen LogP contribution in [0.15, 0.2) is 0 Å². The highest BCUT2D eigenvalue weighted by Crippen LogP contribution is 2.36. The van der Waals surface area contributed by atoms with E-state index in [9.17, 15) is 13.2 Å². The largest absolute Gasteiger partial charge is 0.410 e. The van der Waals surface area contributed by atoms with Crippen LogP contribution in [0.5, 0.6) is 0 Å². The zero-order chi connectivity index (χ0) is 13.3. The predicted molar refractivity (Wildman–Crippen MR) is 56.5 cm³/mol. The van der Waals surface area contributed by atoms with E-state index in [2.05, 4.69) is 10.3 Å². The number of halogens is 3. The zero-order valence-corrected chi connectivity index (χ0v) is 9.91. The Bertz CT molecular complexity index is 468. The van der Waals surface area contributed by atoms with E-state index in [4.69, 9.17) is 5.26 Å². The maximum atomic E-state index is 12.7. The third-order valence-electron chi connectivity index (χ3n) is 3.14. The van der Waals surface area contributed by atoms with E-state index in [-0.39, 0.29) is 6.42 Å². The molecule has 1 atom stereocenters. The minimum Gasteiger partial charge on any atom is -0.237 e. The van der Waals surface area contributed by atoms with Gasteiger partial charge in [-0.2, -0.15) is 18.4 Å². The van der Waals surface area contributed by atoms with Crippen LogP contribution in [-0.4, -0.2) is 21.2 Å². The third kappa shape index (κ3) is 2.63. The Morgan fingerprint density at radius 2 is 2.17 bits per heavy atom. The molecule has 1 fully saturated rings. The maximum absolute atomic E-state index is 12.7. The molecule has 1 aromatic heterocycles. The standard InChI is InChI=1S/C11H13F3N4/c1-7(11(12,13)14)18-10(6-8-2-3-8)9(4-5-15)16-17-18/h7-8H,2-4,6H2,1H3. The molecular weight excluding hydrogens is 245 g/mol. The first-order chi connectivity index (χ1) is 8.43. The molecule has 0 saturated heterocycles. The van der Waals surface area contributed by atoms with Crippen LogP contribution in [0.3, 0.4) is 0 Å². The fourth-order valence-electron chi connectivity index (χ4n) is 1.81. The van der Waals surface area contributed by atoms with Crippen molar-refractivity contribution in [2.45, 2.75) is 44.8 Å². The average molecular weight is 258 g/mol. The lowest BCUT2D eigenvalue weighted by molar-refractivity contribution is -0.166.